The van der Waals surface area contributed by atoms with Crippen molar-refractivity contribution in [2.45, 2.75) is 60.3 Å². The van der Waals surface area contributed by atoms with Crippen molar-refractivity contribution in [3.05, 3.63) is 53.9 Å². The second-order valence-corrected chi connectivity index (χ2v) is 5.22. The van der Waals surface area contributed by atoms with Crippen LogP contribution in [0.3, 0.4) is 0 Å². The van der Waals surface area contributed by atoms with Crippen LogP contribution < -0.4 is 0 Å². The molecule has 0 aromatic heterocycles. The molecule has 0 heterocycles. The van der Waals surface area contributed by atoms with Gasteiger partial charge in [-0.3, -0.25) is 0 Å². The zero-order valence-electron chi connectivity index (χ0n) is 13.4. The summed E-state index contributed by atoms with van der Waals surface area (Å²) >= 11 is 1.82. The van der Waals surface area contributed by atoms with Gasteiger partial charge in [0.1, 0.15) is 0 Å². The molecule has 20 heavy (non-hydrogen) atoms. The van der Waals surface area contributed by atoms with E-state index in [4.69, 9.17) is 0 Å². The maximum absolute atomic E-state index is 4.57. The molecule has 1 saturated carbocycles. The molecule has 0 unspecified atom stereocenters. The van der Waals surface area contributed by atoms with Gasteiger partial charge in [-0.1, -0.05) is 58.9 Å². The standard InChI is InChI=1S/C10H15.C8H12.ClH.Ru/c1-6-7(2)9(4)10(5)8(6)3;1-2-4-6-8-7-5-3-1;;/h1-5H3;1-2,7-8H,3-6H2;1H;/q;;;+2/p-1/b;2-1-,8-7-;;. The summed E-state index contributed by atoms with van der Waals surface area (Å²) in [6.45, 7) is 11.0. The molecule has 0 aliphatic heterocycles. The van der Waals surface area contributed by atoms with E-state index in [-0.39, 0.29) is 0 Å². The van der Waals surface area contributed by atoms with E-state index in [9.17, 15) is 0 Å². The van der Waals surface area contributed by atoms with Gasteiger partial charge in [0.15, 0.2) is 0 Å². The fourth-order valence-electron chi connectivity index (χ4n) is 2.26. The first-order valence-corrected chi connectivity index (χ1v) is 9.42. The molecule has 2 rings (SSSR count). The molecule has 0 bridgehead atoms. The molecule has 0 aromatic carbocycles. The van der Waals surface area contributed by atoms with E-state index in [2.05, 4.69) is 68.6 Å². The average Bonchev–Trinajstić information content (AvgIpc) is 2.59. The quantitative estimate of drug-likeness (QED) is 0.340. The van der Waals surface area contributed by atoms with Gasteiger partial charge in [-0.05, 0) is 55.3 Å². The number of allylic oxidation sites excluding steroid dienone is 4. The van der Waals surface area contributed by atoms with Gasteiger partial charge >= 0.3 is 27.0 Å². The summed E-state index contributed by atoms with van der Waals surface area (Å²) < 4.78 is 0. The van der Waals surface area contributed by atoms with Gasteiger partial charge in [0.25, 0.3) is 0 Å². The average molecular weight is 380 g/mol. The third-order valence-electron chi connectivity index (χ3n) is 4.15. The topological polar surface area (TPSA) is 0 Å². The Morgan fingerprint density at radius 3 is 0.850 bits per heavy atom. The van der Waals surface area contributed by atoms with Crippen LogP contribution in [0.15, 0.2) is 24.3 Å². The Balaban J connectivity index is 0.000000327. The van der Waals surface area contributed by atoms with E-state index < -0.39 is 0 Å². The van der Waals surface area contributed by atoms with E-state index >= 15 is 0 Å². The Bertz CT molecular complexity index is 214. The van der Waals surface area contributed by atoms with Crippen molar-refractivity contribution in [1.29, 1.82) is 0 Å². The Kier molecular flexibility index (Phi) is 12.2. The first-order valence-electron chi connectivity index (χ1n) is 7.18. The number of halogens is 1. The molecule has 0 spiro atoms. The molecule has 2 heteroatoms. The van der Waals surface area contributed by atoms with E-state index in [1.54, 1.807) is 0 Å². The van der Waals surface area contributed by atoms with Gasteiger partial charge in [0, 0.05) is 0 Å². The monoisotopic (exact) mass is 380 g/mol. The first-order chi connectivity index (χ1) is 9.55. The molecule has 0 amide bonds. The fraction of sp³-hybridized carbons (Fsp3) is 0.500. The van der Waals surface area contributed by atoms with Crippen molar-refractivity contribution in [2.75, 3.05) is 0 Å². The first kappa shape index (κ1) is 20.4. The maximum atomic E-state index is 4.57. The summed E-state index contributed by atoms with van der Waals surface area (Å²) in [5.41, 5.74) is 0. The van der Waals surface area contributed by atoms with Gasteiger partial charge in [-0.15, -0.1) is 0 Å². The molecular weight excluding hydrogens is 353 g/mol. The SMILES string of the molecule is C1=C\CC/C=C\CC/1.C[C]1[C](C)[C](C)[C](C)[C]1C.[Cl][Ru+]. The molecule has 0 saturated heterocycles. The molecule has 113 valence electrons. The van der Waals surface area contributed by atoms with Crippen LogP contribution in [0.25, 0.3) is 0 Å². The van der Waals surface area contributed by atoms with E-state index in [1.165, 1.54) is 55.3 Å². The molecule has 0 aromatic rings. The molecule has 0 nitrogen and oxygen atoms in total. The second kappa shape index (κ2) is 12.0. The summed E-state index contributed by atoms with van der Waals surface area (Å²) in [7, 11) is 4.57. The van der Waals surface area contributed by atoms with Crippen LogP contribution in [0, 0.1) is 29.6 Å². The zero-order valence-corrected chi connectivity index (χ0v) is 15.9. The van der Waals surface area contributed by atoms with Crippen molar-refractivity contribution in [3.63, 3.8) is 0 Å². The van der Waals surface area contributed by atoms with Crippen LogP contribution in [0.1, 0.15) is 60.3 Å². The van der Waals surface area contributed by atoms with Gasteiger partial charge in [-0.25, -0.2) is 0 Å². The van der Waals surface area contributed by atoms with Gasteiger partial charge in [0.2, 0.25) is 0 Å². The van der Waals surface area contributed by atoms with Crippen LogP contribution in [0.2, 0.25) is 0 Å². The van der Waals surface area contributed by atoms with E-state index in [1.807, 2.05) is 17.3 Å². The molecule has 1 fully saturated rings. The van der Waals surface area contributed by atoms with Crippen molar-refractivity contribution in [3.8, 4) is 0 Å². The van der Waals surface area contributed by atoms with Crippen LogP contribution in [-0.4, -0.2) is 0 Å². The van der Waals surface area contributed by atoms with Crippen LogP contribution in [0.4, 0.5) is 0 Å². The zero-order chi connectivity index (χ0) is 15.5. The van der Waals surface area contributed by atoms with E-state index in [0.717, 1.165) is 0 Å². The number of hydrogen-bond donors (Lipinski definition) is 0. The number of hydrogen-bond acceptors (Lipinski definition) is 0. The molecular formula is C18H27ClRu+. The van der Waals surface area contributed by atoms with Crippen molar-refractivity contribution in [1.82, 2.24) is 0 Å². The Hall–Kier alpha value is 0.393. The predicted octanol–water partition coefficient (Wildman–Crippen LogP) is 6.33. The summed E-state index contributed by atoms with van der Waals surface area (Å²) in [6.07, 6.45) is 14.0. The van der Waals surface area contributed by atoms with Gasteiger partial charge < -0.3 is 0 Å². The Labute approximate surface area is 141 Å². The molecule has 0 atom stereocenters. The minimum absolute atomic E-state index is 1.23. The van der Waals surface area contributed by atoms with Crippen LogP contribution >= 0.6 is 9.69 Å². The molecule has 0 N–H and O–H groups in total. The summed E-state index contributed by atoms with van der Waals surface area (Å²) in [6, 6.07) is 0. The van der Waals surface area contributed by atoms with Crippen LogP contribution in [0.5, 0.6) is 0 Å². The third kappa shape index (κ3) is 6.90. The normalized spacial score (nSPS) is 25.8. The second-order valence-electron chi connectivity index (χ2n) is 5.22. The van der Waals surface area contributed by atoms with Crippen molar-refractivity contribution >= 4 is 9.69 Å². The van der Waals surface area contributed by atoms with Gasteiger partial charge in [0.05, 0.1) is 0 Å². The fourth-order valence-corrected chi connectivity index (χ4v) is 2.26. The van der Waals surface area contributed by atoms with Crippen LogP contribution in [-0.2, 0) is 17.3 Å². The summed E-state index contributed by atoms with van der Waals surface area (Å²) in [5.74, 6) is 7.34. The molecule has 2 aliphatic rings. The Morgan fingerprint density at radius 2 is 0.700 bits per heavy atom. The van der Waals surface area contributed by atoms with E-state index in [0.29, 0.717) is 0 Å². The molecule has 2 aliphatic carbocycles. The van der Waals surface area contributed by atoms with Crippen molar-refractivity contribution in [2.24, 2.45) is 0 Å². The predicted molar refractivity (Wildman–Crippen MR) is 87.2 cm³/mol. The summed E-state index contributed by atoms with van der Waals surface area (Å²) in [4.78, 5) is 0. The third-order valence-corrected chi connectivity index (χ3v) is 4.15. The van der Waals surface area contributed by atoms with Crippen molar-refractivity contribution < 1.29 is 17.3 Å². The number of rotatable bonds is 0. The minimum atomic E-state index is 1.23. The Morgan fingerprint density at radius 1 is 0.550 bits per heavy atom. The summed E-state index contributed by atoms with van der Waals surface area (Å²) in [5, 5.41) is 0. The molecule has 5 radical (unpaired) electrons. The van der Waals surface area contributed by atoms with Gasteiger partial charge in [-0.2, -0.15) is 0 Å².